The van der Waals surface area contributed by atoms with Crippen molar-refractivity contribution in [2.45, 2.75) is 290 Å². The number of carbonyl (C=O) groups excluding carboxylic acids is 3. The maximum atomic E-state index is 12.9. The predicted molar refractivity (Wildman–Crippen MR) is 320 cm³/mol. The molecule has 0 radical (unpaired) electrons. The van der Waals surface area contributed by atoms with Crippen LogP contribution in [-0.2, 0) is 28.6 Å². The first-order valence-corrected chi connectivity index (χ1v) is 30.9. The molecule has 0 saturated carbocycles. The Morgan fingerprint density at radius 2 is 0.527 bits per heavy atom. The van der Waals surface area contributed by atoms with Crippen molar-refractivity contribution in [1.82, 2.24) is 0 Å². The Labute approximate surface area is 457 Å². The summed E-state index contributed by atoms with van der Waals surface area (Å²) in [6.45, 7) is 6.40. The highest BCUT2D eigenvalue weighted by Gasteiger charge is 2.19. The summed E-state index contributed by atoms with van der Waals surface area (Å²) in [6, 6.07) is 0. The van der Waals surface area contributed by atoms with Crippen LogP contribution >= 0.6 is 0 Å². The summed E-state index contributed by atoms with van der Waals surface area (Å²) < 4.78 is 16.9. The topological polar surface area (TPSA) is 78.9 Å². The Balaban J connectivity index is 4.24. The molecule has 0 bridgehead atoms. The lowest BCUT2D eigenvalue weighted by molar-refractivity contribution is -0.167. The first-order chi connectivity index (χ1) is 36.5. The smallest absolute Gasteiger partial charge is 0.306 e. The average Bonchev–Trinajstić information content (AvgIpc) is 3.40. The van der Waals surface area contributed by atoms with Gasteiger partial charge >= 0.3 is 17.9 Å². The number of hydrogen-bond acceptors (Lipinski definition) is 6. The van der Waals surface area contributed by atoms with Gasteiger partial charge < -0.3 is 14.2 Å². The fourth-order valence-corrected chi connectivity index (χ4v) is 8.46. The van der Waals surface area contributed by atoms with Gasteiger partial charge in [0.2, 0.25) is 0 Å². The monoisotopic (exact) mass is 1030 g/mol. The number of unbranched alkanes of at least 4 members (excludes halogenated alkanes) is 26. The summed E-state index contributed by atoms with van der Waals surface area (Å²) in [7, 11) is 0. The number of esters is 3. The van der Waals surface area contributed by atoms with E-state index in [2.05, 4.69) is 130 Å². The molecule has 0 aliphatic heterocycles. The second-order valence-corrected chi connectivity index (χ2v) is 20.2. The van der Waals surface area contributed by atoms with E-state index in [4.69, 9.17) is 14.2 Å². The number of carbonyl (C=O) groups is 3. The molecule has 6 nitrogen and oxygen atoms in total. The zero-order valence-electron chi connectivity index (χ0n) is 48.3. The number of ether oxygens (including phenoxy) is 3. The SMILES string of the molecule is CC/C=C\C/C=C\C/C=C\C/C=C\C/C=C\C/C=C\CCCCCCCCCCCCC(=O)OCC(COC(=O)CCCCCCCCCCCC)OC(=O)CCCCCCCCC/C=C\C/C=C\C/C=C\CC. The lowest BCUT2D eigenvalue weighted by Gasteiger charge is -2.18. The minimum atomic E-state index is -0.784. The van der Waals surface area contributed by atoms with Gasteiger partial charge in [-0.15, -0.1) is 0 Å². The van der Waals surface area contributed by atoms with E-state index in [-0.39, 0.29) is 31.1 Å². The van der Waals surface area contributed by atoms with Gasteiger partial charge in [0.15, 0.2) is 6.10 Å². The lowest BCUT2D eigenvalue weighted by Crippen LogP contribution is -2.30. The molecule has 0 aliphatic rings. The van der Waals surface area contributed by atoms with E-state index in [0.29, 0.717) is 19.3 Å². The molecule has 0 aromatic rings. The number of rotatable bonds is 55. The van der Waals surface area contributed by atoms with Crippen molar-refractivity contribution in [3.05, 3.63) is 109 Å². The molecule has 0 spiro atoms. The Bertz CT molecular complexity index is 1510. The lowest BCUT2D eigenvalue weighted by atomic mass is 10.1. The van der Waals surface area contributed by atoms with E-state index in [1.807, 2.05) is 0 Å². The van der Waals surface area contributed by atoms with Gasteiger partial charge in [-0.1, -0.05) is 271 Å². The third kappa shape index (κ3) is 59.0. The fraction of sp³-hybridized carbons (Fsp3) is 0.691. The Morgan fingerprint density at radius 3 is 0.824 bits per heavy atom. The molecule has 0 aromatic carbocycles. The van der Waals surface area contributed by atoms with E-state index in [1.54, 1.807) is 0 Å². The molecule has 422 valence electrons. The summed E-state index contributed by atoms with van der Waals surface area (Å²) in [4.78, 5) is 38.2. The fourth-order valence-electron chi connectivity index (χ4n) is 8.46. The molecule has 0 saturated heterocycles. The molecule has 0 heterocycles. The van der Waals surface area contributed by atoms with Crippen LogP contribution in [0.5, 0.6) is 0 Å². The van der Waals surface area contributed by atoms with Gasteiger partial charge in [0.25, 0.3) is 0 Å². The molecule has 6 heteroatoms. The quantitative estimate of drug-likeness (QED) is 0.0261. The van der Waals surface area contributed by atoms with Crippen molar-refractivity contribution in [2.75, 3.05) is 13.2 Å². The van der Waals surface area contributed by atoms with Crippen molar-refractivity contribution < 1.29 is 28.6 Å². The van der Waals surface area contributed by atoms with Crippen LogP contribution in [0.2, 0.25) is 0 Å². The molecule has 0 rings (SSSR count). The van der Waals surface area contributed by atoms with Crippen LogP contribution in [0.15, 0.2) is 109 Å². The standard InChI is InChI=1S/C68H114O6/c1-4-7-10-13-16-19-22-24-26-28-29-30-31-32-33-34-35-36-37-38-39-41-42-44-46-49-52-55-58-61-67(70)73-64-65(63-72-66(69)60-57-54-51-48-21-18-15-12-9-6-3)74-68(71)62-59-56-53-50-47-45-43-40-27-25-23-20-17-14-11-8-5-2/h7-8,10-11,16-17,19-20,24-27,29-30,32-33,35-36,65H,4-6,9,12-15,18,21-23,28,31,34,37-64H2,1-3H3/b10-7-,11-8-,19-16-,20-17-,26-24-,27-25-,30-29-,33-32-,36-35-. The van der Waals surface area contributed by atoms with Crippen molar-refractivity contribution >= 4 is 17.9 Å². The van der Waals surface area contributed by atoms with Crippen LogP contribution in [0.25, 0.3) is 0 Å². The number of allylic oxidation sites excluding steroid dienone is 18. The highest BCUT2D eigenvalue weighted by atomic mass is 16.6. The maximum Gasteiger partial charge on any atom is 0.306 e. The summed E-state index contributed by atoms with van der Waals surface area (Å²) in [5.41, 5.74) is 0. The van der Waals surface area contributed by atoms with Gasteiger partial charge in [-0.3, -0.25) is 14.4 Å². The average molecular weight is 1030 g/mol. The minimum absolute atomic E-state index is 0.0817. The minimum Gasteiger partial charge on any atom is -0.462 e. The van der Waals surface area contributed by atoms with Crippen LogP contribution in [-0.4, -0.2) is 37.2 Å². The molecule has 0 amide bonds. The Morgan fingerprint density at radius 1 is 0.284 bits per heavy atom. The van der Waals surface area contributed by atoms with Crippen LogP contribution in [0.1, 0.15) is 284 Å². The highest BCUT2D eigenvalue weighted by Crippen LogP contribution is 2.16. The van der Waals surface area contributed by atoms with Crippen LogP contribution in [0.4, 0.5) is 0 Å². The van der Waals surface area contributed by atoms with E-state index in [9.17, 15) is 14.4 Å². The van der Waals surface area contributed by atoms with E-state index < -0.39 is 6.10 Å². The van der Waals surface area contributed by atoms with Gasteiger partial charge in [0, 0.05) is 19.3 Å². The normalized spacial score (nSPS) is 12.9. The van der Waals surface area contributed by atoms with Gasteiger partial charge in [0.1, 0.15) is 13.2 Å². The molecule has 1 unspecified atom stereocenters. The summed E-state index contributed by atoms with van der Waals surface area (Å²) >= 11 is 0. The summed E-state index contributed by atoms with van der Waals surface area (Å²) in [5, 5.41) is 0. The first kappa shape index (κ1) is 70.1. The molecular weight excluding hydrogens is 913 g/mol. The van der Waals surface area contributed by atoms with Crippen molar-refractivity contribution in [1.29, 1.82) is 0 Å². The first-order valence-electron chi connectivity index (χ1n) is 30.9. The van der Waals surface area contributed by atoms with Gasteiger partial charge in [-0.2, -0.15) is 0 Å². The van der Waals surface area contributed by atoms with Crippen LogP contribution < -0.4 is 0 Å². The molecule has 1 atom stereocenters. The molecule has 0 N–H and O–H groups in total. The Kier molecular flexibility index (Phi) is 58.3. The molecular formula is C68H114O6. The number of hydrogen-bond donors (Lipinski definition) is 0. The maximum absolute atomic E-state index is 12.9. The van der Waals surface area contributed by atoms with Crippen molar-refractivity contribution in [2.24, 2.45) is 0 Å². The largest absolute Gasteiger partial charge is 0.462 e. The zero-order valence-corrected chi connectivity index (χ0v) is 48.3. The van der Waals surface area contributed by atoms with Gasteiger partial charge in [-0.25, -0.2) is 0 Å². The summed E-state index contributed by atoms with van der Waals surface area (Å²) in [5.74, 6) is -0.893. The van der Waals surface area contributed by atoms with E-state index in [0.717, 1.165) is 122 Å². The molecule has 74 heavy (non-hydrogen) atoms. The predicted octanol–water partition coefficient (Wildman–Crippen LogP) is 21.0. The third-order valence-electron chi connectivity index (χ3n) is 13.0. The van der Waals surface area contributed by atoms with Crippen LogP contribution in [0, 0.1) is 0 Å². The second-order valence-electron chi connectivity index (χ2n) is 20.2. The van der Waals surface area contributed by atoms with Gasteiger partial charge in [-0.05, 0) is 103 Å². The van der Waals surface area contributed by atoms with Crippen molar-refractivity contribution in [3.63, 3.8) is 0 Å². The van der Waals surface area contributed by atoms with Gasteiger partial charge in [0.05, 0.1) is 0 Å². The van der Waals surface area contributed by atoms with E-state index in [1.165, 1.54) is 122 Å². The van der Waals surface area contributed by atoms with E-state index >= 15 is 0 Å². The molecule has 0 fully saturated rings. The van der Waals surface area contributed by atoms with Crippen molar-refractivity contribution in [3.8, 4) is 0 Å². The molecule has 0 aliphatic carbocycles. The second kappa shape index (κ2) is 61.6. The Hall–Kier alpha value is -3.93. The highest BCUT2D eigenvalue weighted by molar-refractivity contribution is 5.71. The zero-order chi connectivity index (χ0) is 53.6. The van der Waals surface area contributed by atoms with Crippen LogP contribution in [0.3, 0.4) is 0 Å². The third-order valence-corrected chi connectivity index (χ3v) is 13.0. The summed E-state index contributed by atoms with van der Waals surface area (Å²) in [6.07, 6.45) is 83.8. The molecule has 0 aromatic heterocycles.